The standard InChI is InChI=1S/C13H27NO3/c1-4-14-13(10-15)6-5-12(9-13)17-8-7-16-11(2)3/h11-12,14-15H,4-10H2,1-3H3. The topological polar surface area (TPSA) is 50.7 Å². The van der Waals surface area contributed by atoms with E-state index in [-0.39, 0.29) is 24.4 Å². The van der Waals surface area contributed by atoms with Crippen molar-refractivity contribution in [1.82, 2.24) is 5.32 Å². The predicted molar refractivity (Wildman–Crippen MR) is 68.2 cm³/mol. The van der Waals surface area contributed by atoms with Gasteiger partial charge in [0.05, 0.1) is 32.0 Å². The molecular formula is C13H27NO3. The second kappa shape index (κ2) is 7.31. The van der Waals surface area contributed by atoms with Crippen molar-refractivity contribution >= 4 is 0 Å². The van der Waals surface area contributed by atoms with Crippen molar-refractivity contribution in [3.63, 3.8) is 0 Å². The molecule has 0 saturated heterocycles. The number of rotatable bonds is 8. The quantitative estimate of drug-likeness (QED) is 0.633. The fourth-order valence-corrected chi connectivity index (χ4v) is 2.45. The zero-order chi connectivity index (χ0) is 12.7. The van der Waals surface area contributed by atoms with Crippen molar-refractivity contribution in [1.29, 1.82) is 0 Å². The molecule has 0 spiro atoms. The molecule has 2 N–H and O–H groups in total. The summed E-state index contributed by atoms with van der Waals surface area (Å²) < 4.78 is 11.2. The Morgan fingerprint density at radius 1 is 1.41 bits per heavy atom. The van der Waals surface area contributed by atoms with Crippen LogP contribution in [0.1, 0.15) is 40.0 Å². The molecule has 2 unspecified atom stereocenters. The lowest BCUT2D eigenvalue weighted by molar-refractivity contribution is -0.0136. The van der Waals surface area contributed by atoms with Crippen LogP contribution in [-0.4, -0.2) is 49.2 Å². The van der Waals surface area contributed by atoms with Crippen LogP contribution in [0.25, 0.3) is 0 Å². The Morgan fingerprint density at radius 2 is 2.18 bits per heavy atom. The van der Waals surface area contributed by atoms with Crippen molar-refractivity contribution in [2.24, 2.45) is 0 Å². The zero-order valence-corrected chi connectivity index (χ0v) is 11.4. The molecule has 0 aromatic heterocycles. The van der Waals surface area contributed by atoms with E-state index in [0.717, 1.165) is 25.8 Å². The highest BCUT2D eigenvalue weighted by Crippen LogP contribution is 2.31. The minimum atomic E-state index is -0.113. The van der Waals surface area contributed by atoms with E-state index in [9.17, 15) is 5.11 Å². The Balaban J connectivity index is 2.20. The second-order valence-electron chi connectivity index (χ2n) is 5.12. The Kier molecular flexibility index (Phi) is 6.41. The summed E-state index contributed by atoms with van der Waals surface area (Å²) in [4.78, 5) is 0. The van der Waals surface area contributed by atoms with Gasteiger partial charge in [-0.05, 0) is 39.7 Å². The van der Waals surface area contributed by atoms with E-state index < -0.39 is 0 Å². The number of hydrogen-bond acceptors (Lipinski definition) is 4. The largest absolute Gasteiger partial charge is 0.394 e. The Morgan fingerprint density at radius 3 is 2.76 bits per heavy atom. The molecule has 1 rings (SSSR count). The summed E-state index contributed by atoms with van der Waals surface area (Å²) in [5.41, 5.74) is -0.113. The lowest BCUT2D eigenvalue weighted by Gasteiger charge is -2.27. The number of ether oxygens (including phenoxy) is 2. The molecule has 0 amide bonds. The molecule has 0 bridgehead atoms. The molecule has 1 aliphatic carbocycles. The Bertz CT molecular complexity index is 211. The first kappa shape index (κ1) is 14.9. The van der Waals surface area contributed by atoms with E-state index in [1.807, 2.05) is 13.8 Å². The summed E-state index contributed by atoms with van der Waals surface area (Å²) in [5.74, 6) is 0. The van der Waals surface area contributed by atoms with E-state index >= 15 is 0 Å². The lowest BCUT2D eigenvalue weighted by atomic mass is 9.99. The molecular weight excluding hydrogens is 218 g/mol. The van der Waals surface area contributed by atoms with Gasteiger partial charge in [0.1, 0.15) is 0 Å². The van der Waals surface area contributed by atoms with Gasteiger partial charge in [-0.15, -0.1) is 0 Å². The average Bonchev–Trinajstić information content (AvgIpc) is 2.69. The van der Waals surface area contributed by atoms with E-state index in [2.05, 4.69) is 12.2 Å². The molecule has 1 fully saturated rings. The van der Waals surface area contributed by atoms with Crippen molar-refractivity contribution in [2.75, 3.05) is 26.4 Å². The first-order valence-electron chi connectivity index (χ1n) is 6.71. The smallest absolute Gasteiger partial charge is 0.0704 e. The maximum absolute atomic E-state index is 9.47. The molecule has 0 radical (unpaired) electrons. The molecule has 0 heterocycles. The maximum Gasteiger partial charge on any atom is 0.0704 e. The number of aliphatic hydroxyl groups is 1. The first-order valence-corrected chi connectivity index (χ1v) is 6.71. The van der Waals surface area contributed by atoms with Crippen molar-refractivity contribution in [3.8, 4) is 0 Å². The molecule has 4 heteroatoms. The number of hydrogen-bond donors (Lipinski definition) is 2. The molecule has 0 aromatic rings. The van der Waals surface area contributed by atoms with Gasteiger partial charge in [-0.25, -0.2) is 0 Å². The summed E-state index contributed by atoms with van der Waals surface area (Å²) in [6.45, 7) is 8.52. The van der Waals surface area contributed by atoms with Gasteiger partial charge in [0.15, 0.2) is 0 Å². The molecule has 2 atom stereocenters. The predicted octanol–water partition coefficient (Wildman–Crippen LogP) is 1.32. The molecule has 1 aliphatic rings. The number of aliphatic hydroxyl groups excluding tert-OH is 1. The minimum Gasteiger partial charge on any atom is -0.394 e. The van der Waals surface area contributed by atoms with Crippen LogP contribution in [0.4, 0.5) is 0 Å². The van der Waals surface area contributed by atoms with Gasteiger partial charge in [-0.2, -0.15) is 0 Å². The molecule has 4 nitrogen and oxygen atoms in total. The molecule has 17 heavy (non-hydrogen) atoms. The fourth-order valence-electron chi connectivity index (χ4n) is 2.45. The van der Waals surface area contributed by atoms with E-state index in [1.165, 1.54) is 0 Å². The van der Waals surface area contributed by atoms with Gasteiger partial charge in [0, 0.05) is 5.54 Å². The van der Waals surface area contributed by atoms with Gasteiger partial charge >= 0.3 is 0 Å². The van der Waals surface area contributed by atoms with Gasteiger partial charge in [-0.1, -0.05) is 6.92 Å². The number of likely N-dealkylation sites (N-methyl/N-ethyl adjacent to an activating group) is 1. The van der Waals surface area contributed by atoms with Gasteiger partial charge in [0.25, 0.3) is 0 Å². The second-order valence-corrected chi connectivity index (χ2v) is 5.12. The van der Waals surface area contributed by atoms with Crippen molar-refractivity contribution in [2.45, 2.75) is 57.8 Å². The van der Waals surface area contributed by atoms with E-state index in [1.54, 1.807) is 0 Å². The molecule has 102 valence electrons. The molecule has 1 saturated carbocycles. The third-order valence-corrected chi connectivity index (χ3v) is 3.31. The van der Waals surface area contributed by atoms with Gasteiger partial charge in [0.2, 0.25) is 0 Å². The van der Waals surface area contributed by atoms with Crippen LogP contribution in [0.15, 0.2) is 0 Å². The zero-order valence-electron chi connectivity index (χ0n) is 11.4. The van der Waals surface area contributed by atoms with Crippen LogP contribution >= 0.6 is 0 Å². The highest BCUT2D eigenvalue weighted by atomic mass is 16.5. The normalized spacial score (nSPS) is 29.1. The summed E-state index contributed by atoms with van der Waals surface area (Å²) in [6.07, 6.45) is 3.44. The SMILES string of the molecule is CCNC1(CO)CCC(OCCOC(C)C)C1. The average molecular weight is 245 g/mol. The third-order valence-electron chi connectivity index (χ3n) is 3.31. The van der Waals surface area contributed by atoms with Crippen LogP contribution in [0.2, 0.25) is 0 Å². The Labute approximate surface area is 105 Å². The summed E-state index contributed by atoms with van der Waals surface area (Å²) in [5, 5.41) is 12.9. The van der Waals surface area contributed by atoms with Crippen molar-refractivity contribution in [3.05, 3.63) is 0 Å². The highest BCUT2D eigenvalue weighted by molar-refractivity contribution is 4.96. The number of nitrogens with one attached hydrogen (secondary N) is 1. The van der Waals surface area contributed by atoms with E-state index in [4.69, 9.17) is 9.47 Å². The third kappa shape index (κ3) is 4.92. The van der Waals surface area contributed by atoms with Gasteiger partial charge in [-0.3, -0.25) is 0 Å². The monoisotopic (exact) mass is 245 g/mol. The van der Waals surface area contributed by atoms with Crippen LogP contribution in [0.3, 0.4) is 0 Å². The lowest BCUT2D eigenvalue weighted by Crippen LogP contribution is -2.46. The first-order chi connectivity index (χ1) is 8.12. The maximum atomic E-state index is 9.47. The van der Waals surface area contributed by atoms with Crippen LogP contribution in [0.5, 0.6) is 0 Å². The minimum absolute atomic E-state index is 0.113. The summed E-state index contributed by atoms with van der Waals surface area (Å²) >= 11 is 0. The van der Waals surface area contributed by atoms with Crippen LogP contribution < -0.4 is 5.32 Å². The molecule has 0 aliphatic heterocycles. The summed E-state index contributed by atoms with van der Waals surface area (Å²) in [6, 6.07) is 0. The van der Waals surface area contributed by atoms with Gasteiger partial charge < -0.3 is 19.9 Å². The fraction of sp³-hybridized carbons (Fsp3) is 1.00. The Hall–Kier alpha value is -0.160. The van der Waals surface area contributed by atoms with Crippen LogP contribution in [0, 0.1) is 0 Å². The van der Waals surface area contributed by atoms with Crippen molar-refractivity contribution < 1.29 is 14.6 Å². The van der Waals surface area contributed by atoms with Crippen LogP contribution in [-0.2, 0) is 9.47 Å². The van der Waals surface area contributed by atoms with E-state index in [0.29, 0.717) is 13.2 Å². The summed E-state index contributed by atoms with van der Waals surface area (Å²) in [7, 11) is 0. The molecule has 0 aromatic carbocycles. The highest BCUT2D eigenvalue weighted by Gasteiger charge is 2.38.